The average Bonchev–Trinajstić information content (AvgIpc) is 3.22. The molecule has 0 amide bonds. The van der Waals surface area contributed by atoms with Gasteiger partial charge < -0.3 is 19.9 Å². The van der Waals surface area contributed by atoms with Gasteiger partial charge in [0.05, 0.1) is 32.3 Å². The van der Waals surface area contributed by atoms with Crippen LogP contribution in [0.2, 0.25) is 0 Å². The number of hydrogen-bond donors (Lipinski definition) is 2. The number of aromatic amines is 1. The van der Waals surface area contributed by atoms with E-state index < -0.39 is 11.0 Å². The molecule has 3 N–H and O–H groups in total. The van der Waals surface area contributed by atoms with Crippen molar-refractivity contribution in [1.82, 2.24) is 15.2 Å². The maximum Gasteiger partial charge on any atom is 0.311 e. The standard InChI is InChI=1S/C18H19N5O5/c1-26-13-6-5-11(8-12(13)23(24)25)17-20-18(22-21-17)16(19)10-4-7-14(27-2)15(9-10)28-3/h4-9,16H,19H2,1-3H3,(H,20,21,22)/t16-/m0/s1. The van der Waals surface area contributed by atoms with Gasteiger partial charge in [0.15, 0.2) is 23.1 Å². The highest BCUT2D eigenvalue weighted by atomic mass is 16.6. The molecule has 0 fully saturated rings. The molecule has 0 spiro atoms. The van der Waals surface area contributed by atoms with Crippen molar-refractivity contribution < 1.29 is 19.1 Å². The Morgan fingerprint density at radius 3 is 2.36 bits per heavy atom. The number of H-pyrrole nitrogens is 1. The lowest BCUT2D eigenvalue weighted by Gasteiger charge is -2.13. The van der Waals surface area contributed by atoms with Gasteiger partial charge in [-0.05, 0) is 29.8 Å². The predicted molar refractivity (Wildman–Crippen MR) is 101 cm³/mol. The van der Waals surface area contributed by atoms with Gasteiger partial charge in [-0.1, -0.05) is 6.07 Å². The van der Waals surface area contributed by atoms with Gasteiger partial charge >= 0.3 is 5.69 Å². The molecule has 10 heteroatoms. The normalized spacial score (nSPS) is 11.7. The van der Waals surface area contributed by atoms with E-state index in [9.17, 15) is 10.1 Å². The van der Waals surface area contributed by atoms with Crippen LogP contribution in [0, 0.1) is 10.1 Å². The van der Waals surface area contributed by atoms with Crippen molar-refractivity contribution in [1.29, 1.82) is 0 Å². The molecule has 1 atom stereocenters. The summed E-state index contributed by atoms with van der Waals surface area (Å²) in [6, 6.07) is 9.19. The van der Waals surface area contributed by atoms with E-state index in [1.807, 2.05) is 0 Å². The van der Waals surface area contributed by atoms with Gasteiger partial charge in [-0.15, -0.1) is 0 Å². The Kier molecular flexibility index (Phi) is 5.41. The smallest absolute Gasteiger partial charge is 0.311 e. The van der Waals surface area contributed by atoms with Gasteiger partial charge in [-0.2, -0.15) is 5.10 Å². The lowest BCUT2D eigenvalue weighted by molar-refractivity contribution is -0.385. The summed E-state index contributed by atoms with van der Waals surface area (Å²) in [7, 11) is 4.46. The van der Waals surface area contributed by atoms with Crippen LogP contribution in [0.1, 0.15) is 17.4 Å². The van der Waals surface area contributed by atoms with E-state index in [1.54, 1.807) is 31.4 Å². The fraction of sp³-hybridized carbons (Fsp3) is 0.222. The van der Waals surface area contributed by atoms with Gasteiger partial charge in [-0.25, -0.2) is 4.98 Å². The highest BCUT2D eigenvalue weighted by Crippen LogP contribution is 2.33. The maximum absolute atomic E-state index is 11.2. The SMILES string of the molecule is COc1ccc([C@H](N)c2nc(-c3ccc(OC)c([N+](=O)[O-])c3)n[nH]2)cc1OC. The molecule has 10 nitrogen and oxygen atoms in total. The van der Waals surface area contributed by atoms with Crippen LogP contribution >= 0.6 is 0 Å². The van der Waals surface area contributed by atoms with E-state index in [0.717, 1.165) is 5.56 Å². The molecule has 0 aliphatic rings. The number of benzene rings is 2. The highest BCUT2D eigenvalue weighted by Gasteiger charge is 2.20. The number of rotatable bonds is 7. The molecule has 0 aliphatic heterocycles. The first-order valence-corrected chi connectivity index (χ1v) is 8.21. The second kappa shape index (κ2) is 7.92. The van der Waals surface area contributed by atoms with Gasteiger partial charge in [0.2, 0.25) is 0 Å². The molecule has 28 heavy (non-hydrogen) atoms. The van der Waals surface area contributed by atoms with Crippen LogP contribution in [-0.4, -0.2) is 41.4 Å². The minimum absolute atomic E-state index is 0.159. The summed E-state index contributed by atoms with van der Waals surface area (Å²) in [4.78, 5) is 15.1. The third kappa shape index (κ3) is 3.58. The summed E-state index contributed by atoms with van der Waals surface area (Å²) in [5.41, 5.74) is 7.32. The number of nitro groups is 1. The van der Waals surface area contributed by atoms with Crippen molar-refractivity contribution in [3.63, 3.8) is 0 Å². The lowest BCUT2D eigenvalue weighted by atomic mass is 10.1. The van der Waals surface area contributed by atoms with Gasteiger partial charge in [0.1, 0.15) is 5.82 Å². The van der Waals surface area contributed by atoms with Crippen LogP contribution in [0.25, 0.3) is 11.4 Å². The number of methoxy groups -OCH3 is 3. The summed E-state index contributed by atoms with van der Waals surface area (Å²) in [5.74, 6) is 1.98. The van der Waals surface area contributed by atoms with Gasteiger partial charge in [0, 0.05) is 11.6 Å². The van der Waals surface area contributed by atoms with Crippen LogP contribution < -0.4 is 19.9 Å². The molecule has 3 aromatic rings. The lowest BCUT2D eigenvalue weighted by Crippen LogP contribution is -2.14. The minimum Gasteiger partial charge on any atom is -0.493 e. The van der Waals surface area contributed by atoms with Crippen LogP contribution in [0.4, 0.5) is 5.69 Å². The van der Waals surface area contributed by atoms with Crippen molar-refractivity contribution in [3.05, 3.63) is 57.9 Å². The second-order valence-electron chi connectivity index (χ2n) is 5.78. The number of nitro benzene ring substituents is 1. The average molecular weight is 385 g/mol. The Labute approximate surface area is 160 Å². The Bertz CT molecular complexity index is 1000. The topological polar surface area (TPSA) is 138 Å². The van der Waals surface area contributed by atoms with E-state index >= 15 is 0 Å². The molecular formula is C18H19N5O5. The minimum atomic E-state index is -0.603. The zero-order chi connectivity index (χ0) is 20.3. The molecule has 0 bridgehead atoms. The number of nitrogens with two attached hydrogens (primary N) is 1. The highest BCUT2D eigenvalue weighted by molar-refractivity contribution is 5.63. The summed E-state index contributed by atoms with van der Waals surface area (Å²) in [5, 5.41) is 18.1. The van der Waals surface area contributed by atoms with E-state index in [2.05, 4.69) is 15.2 Å². The molecule has 0 saturated heterocycles. The number of nitrogens with one attached hydrogen (secondary N) is 1. The Morgan fingerprint density at radius 1 is 1.04 bits per heavy atom. The quantitative estimate of drug-likeness (QED) is 0.467. The van der Waals surface area contributed by atoms with Gasteiger partial charge in [0.25, 0.3) is 0 Å². The number of ether oxygens (including phenoxy) is 3. The van der Waals surface area contributed by atoms with Gasteiger partial charge in [-0.3, -0.25) is 15.2 Å². The molecule has 3 rings (SSSR count). The first-order chi connectivity index (χ1) is 13.5. The summed E-state index contributed by atoms with van der Waals surface area (Å²) < 4.78 is 15.5. The predicted octanol–water partition coefficient (Wildman–Crippen LogP) is 2.45. The molecule has 0 aliphatic carbocycles. The van der Waals surface area contributed by atoms with E-state index in [1.165, 1.54) is 26.4 Å². The monoisotopic (exact) mass is 385 g/mol. The zero-order valence-electron chi connectivity index (χ0n) is 15.5. The Balaban J connectivity index is 1.92. The maximum atomic E-state index is 11.2. The Morgan fingerprint density at radius 2 is 1.71 bits per heavy atom. The van der Waals surface area contributed by atoms with Crippen molar-refractivity contribution in [2.75, 3.05) is 21.3 Å². The first kappa shape index (κ1) is 19.1. The first-order valence-electron chi connectivity index (χ1n) is 8.21. The summed E-state index contributed by atoms with van der Waals surface area (Å²) >= 11 is 0. The molecule has 0 radical (unpaired) electrons. The second-order valence-corrected chi connectivity index (χ2v) is 5.78. The van der Waals surface area contributed by atoms with Crippen molar-refractivity contribution in [3.8, 4) is 28.6 Å². The molecular weight excluding hydrogens is 366 g/mol. The van der Waals surface area contributed by atoms with Crippen LogP contribution in [-0.2, 0) is 0 Å². The number of nitrogens with zero attached hydrogens (tertiary/aromatic N) is 3. The molecule has 2 aromatic carbocycles. The van der Waals surface area contributed by atoms with E-state index in [4.69, 9.17) is 19.9 Å². The zero-order valence-corrected chi connectivity index (χ0v) is 15.5. The number of hydrogen-bond acceptors (Lipinski definition) is 8. The number of aromatic nitrogens is 3. The largest absolute Gasteiger partial charge is 0.493 e. The Hall–Kier alpha value is -3.66. The summed E-state index contributed by atoms with van der Waals surface area (Å²) in [6.07, 6.45) is 0. The van der Waals surface area contributed by atoms with E-state index in [0.29, 0.717) is 22.9 Å². The molecule has 1 heterocycles. The van der Waals surface area contributed by atoms with Crippen LogP contribution in [0.15, 0.2) is 36.4 Å². The van der Waals surface area contributed by atoms with E-state index in [-0.39, 0.29) is 17.3 Å². The van der Waals surface area contributed by atoms with Crippen LogP contribution in [0.5, 0.6) is 17.2 Å². The fourth-order valence-corrected chi connectivity index (χ4v) is 2.72. The molecule has 146 valence electrons. The fourth-order valence-electron chi connectivity index (χ4n) is 2.72. The van der Waals surface area contributed by atoms with Crippen LogP contribution in [0.3, 0.4) is 0 Å². The molecule has 1 aromatic heterocycles. The third-order valence-corrected chi connectivity index (χ3v) is 4.20. The molecule has 0 unspecified atom stereocenters. The van der Waals surface area contributed by atoms with Crippen molar-refractivity contribution in [2.24, 2.45) is 5.73 Å². The molecule has 0 saturated carbocycles. The third-order valence-electron chi connectivity index (χ3n) is 4.20. The summed E-state index contributed by atoms with van der Waals surface area (Å²) in [6.45, 7) is 0. The van der Waals surface area contributed by atoms with Crippen molar-refractivity contribution >= 4 is 5.69 Å². The van der Waals surface area contributed by atoms with Crippen molar-refractivity contribution in [2.45, 2.75) is 6.04 Å².